The minimum absolute atomic E-state index is 0.0309. The molecule has 2 aromatic rings. The van der Waals surface area contributed by atoms with Crippen LogP contribution in [-0.2, 0) is 9.53 Å². The number of amides is 1. The van der Waals surface area contributed by atoms with E-state index >= 15 is 0 Å². The molecule has 1 heterocycles. The summed E-state index contributed by atoms with van der Waals surface area (Å²) < 4.78 is 6.03. The van der Waals surface area contributed by atoms with Gasteiger partial charge in [0, 0.05) is 16.5 Å². The number of benzene rings is 1. The summed E-state index contributed by atoms with van der Waals surface area (Å²) in [6.07, 6.45) is 1.94. The van der Waals surface area contributed by atoms with Crippen molar-refractivity contribution < 1.29 is 19.4 Å². The van der Waals surface area contributed by atoms with Crippen LogP contribution in [0.15, 0.2) is 24.3 Å². The van der Waals surface area contributed by atoms with Crippen LogP contribution in [0.4, 0.5) is 4.79 Å². The molecule has 3 rings (SSSR count). The topological polar surface area (TPSA) is 93.5 Å². The molecule has 132 valence electrons. The molecule has 1 aromatic heterocycles. The zero-order valence-electron chi connectivity index (χ0n) is 13.7. The molecule has 0 radical (unpaired) electrons. The fourth-order valence-electron chi connectivity index (χ4n) is 2.51. The number of carbonyl (C=O) groups excluding carboxylic acids is 2. The second-order valence-electron chi connectivity index (χ2n) is 5.77. The largest absolute Gasteiger partial charge is 0.507 e. The molecular weight excluding hydrogens is 346 g/mol. The summed E-state index contributed by atoms with van der Waals surface area (Å²) in [5, 5.41) is 17.3. The Balaban J connectivity index is 1.86. The first-order chi connectivity index (χ1) is 12.0. The van der Waals surface area contributed by atoms with Crippen LogP contribution in [0.3, 0.4) is 0 Å². The number of phenols is 1. The van der Waals surface area contributed by atoms with Crippen molar-refractivity contribution in [3.05, 3.63) is 35.0 Å². The summed E-state index contributed by atoms with van der Waals surface area (Å²) in [5.41, 5.74) is 1.65. The lowest BCUT2D eigenvalue weighted by atomic mass is 10.1. The van der Waals surface area contributed by atoms with Crippen LogP contribution >= 0.6 is 11.6 Å². The standard InChI is InChI=1S/C17H18ClN3O4/c1-2-25-16(23)9-19-17(24)21-14(10-3-4-10)8-13(20-21)12-7-11(18)5-6-15(12)22/h5-8,10,22H,2-4,9H2,1H3,(H,19,24). The summed E-state index contributed by atoms with van der Waals surface area (Å²) >= 11 is 5.99. The van der Waals surface area contributed by atoms with Crippen molar-refractivity contribution in [2.75, 3.05) is 13.2 Å². The van der Waals surface area contributed by atoms with Gasteiger partial charge in [0.15, 0.2) is 0 Å². The van der Waals surface area contributed by atoms with Crippen LogP contribution in [0.25, 0.3) is 11.3 Å². The maximum Gasteiger partial charge on any atom is 0.342 e. The van der Waals surface area contributed by atoms with Crippen LogP contribution in [-0.4, -0.2) is 40.0 Å². The van der Waals surface area contributed by atoms with Crippen molar-refractivity contribution in [1.82, 2.24) is 15.1 Å². The molecule has 0 atom stereocenters. The van der Waals surface area contributed by atoms with E-state index in [0.717, 1.165) is 18.5 Å². The first-order valence-electron chi connectivity index (χ1n) is 8.02. The molecule has 0 saturated heterocycles. The number of aromatic hydroxyl groups is 1. The predicted octanol–water partition coefficient (Wildman–Crippen LogP) is 2.91. The summed E-state index contributed by atoms with van der Waals surface area (Å²) in [4.78, 5) is 23.8. The highest BCUT2D eigenvalue weighted by Crippen LogP contribution is 2.42. The van der Waals surface area contributed by atoms with Gasteiger partial charge in [-0.3, -0.25) is 4.79 Å². The van der Waals surface area contributed by atoms with E-state index in [0.29, 0.717) is 16.3 Å². The Morgan fingerprint density at radius 3 is 2.84 bits per heavy atom. The Kier molecular flexibility index (Phi) is 4.94. The van der Waals surface area contributed by atoms with Gasteiger partial charge in [0.05, 0.1) is 18.0 Å². The van der Waals surface area contributed by atoms with Crippen LogP contribution in [0.2, 0.25) is 5.02 Å². The van der Waals surface area contributed by atoms with E-state index in [9.17, 15) is 14.7 Å². The van der Waals surface area contributed by atoms with Crippen LogP contribution in [0, 0.1) is 0 Å². The van der Waals surface area contributed by atoms with Gasteiger partial charge in [-0.2, -0.15) is 9.78 Å². The molecule has 0 bridgehead atoms. The third kappa shape index (κ3) is 3.93. The number of phenolic OH excluding ortho intramolecular Hbond substituents is 1. The zero-order chi connectivity index (χ0) is 18.0. The minimum Gasteiger partial charge on any atom is -0.507 e. The second-order valence-corrected chi connectivity index (χ2v) is 6.20. The Hall–Kier alpha value is -2.54. The van der Waals surface area contributed by atoms with E-state index in [4.69, 9.17) is 16.3 Å². The number of hydrogen-bond donors (Lipinski definition) is 2. The molecule has 1 aromatic carbocycles. The van der Waals surface area contributed by atoms with Crippen molar-refractivity contribution in [1.29, 1.82) is 0 Å². The van der Waals surface area contributed by atoms with E-state index in [2.05, 4.69) is 10.4 Å². The minimum atomic E-state index is -0.511. The molecule has 1 amide bonds. The lowest BCUT2D eigenvalue weighted by Crippen LogP contribution is -2.35. The fourth-order valence-corrected chi connectivity index (χ4v) is 2.68. The number of esters is 1. The van der Waals surface area contributed by atoms with E-state index in [1.165, 1.54) is 10.7 Å². The molecule has 1 aliphatic carbocycles. The van der Waals surface area contributed by atoms with E-state index in [1.54, 1.807) is 25.1 Å². The first kappa shape index (κ1) is 17.3. The third-order valence-corrected chi connectivity index (χ3v) is 4.08. The fraction of sp³-hybridized carbons (Fsp3) is 0.353. The van der Waals surface area contributed by atoms with Crippen molar-refractivity contribution >= 4 is 23.6 Å². The third-order valence-electron chi connectivity index (χ3n) is 3.85. The van der Waals surface area contributed by atoms with Gasteiger partial charge in [-0.15, -0.1) is 0 Å². The first-order valence-corrected chi connectivity index (χ1v) is 8.40. The Labute approximate surface area is 149 Å². The second kappa shape index (κ2) is 7.14. The van der Waals surface area contributed by atoms with Crippen LogP contribution in [0.1, 0.15) is 31.4 Å². The van der Waals surface area contributed by atoms with E-state index in [1.807, 2.05) is 0 Å². The highest BCUT2D eigenvalue weighted by Gasteiger charge is 2.30. The van der Waals surface area contributed by atoms with Crippen molar-refractivity contribution in [3.8, 4) is 17.0 Å². The van der Waals surface area contributed by atoms with E-state index in [-0.39, 0.29) is 24.8 Å². The number of hydrogen-bond acceptors (Lipinski definition) is 5. The summed E-state index contributed by atoms with van der Waals surface area (Å²) in [6, 6.07) is 5.91. The Morgan fingerprint density at radius 2 is 2.16 bits per heavy atom. The zero-order valence-corrected chi connectivity index (χ0v) is 14.4. The number of rotatable bonds is 5. The summed E-state index contributed by atoms with van der Waals surface area (Å²) in [5.74, 6) is -0.233. The highest BCUT2D eigenvalue weighted by molar-refractivity contribution is 6.30. The van der Waals surface area contributed by atoms with Gasteiger partial charge in [0.2, 0.25) is 0 Å². The van der Waals surface area contributed by atoms with E-state index < -0.39 is 12.0 Å². The maximum absolute atomic E-state index is 12.4. The number of ether oxygens (including phenoxy) is 1. The molecule has 2 N–H and O–H groups in total. The molecule has 8 heteroatoms. The number of aromatic nitrogens is 2. The molecule has 0 spiro atoms. The van der Waals surface area contributed by atoms with Gasteiger partial charge >= 0.3 is 12.0 Å². The van der Waals surface area contributed by atoms with Crippen molar-refractivity contribution in [2.24, 2.45) is 0 Å². The lowest BCUT2D eigenvalue weighted by Gasteiger charge is -2.07. The SMILES string of the molecule is CCOC(=O)CNC(=O)n1nc(-c2cc(Cl)ccc2O)cc1C1CC1. The monoisotopic (exact) mass is 363 g/mol. The van der Waals surface area contributed by atoms with Crippen molar-refractivity contribution in [2.45, 2.75) is 25.7 Å². The smallest absolute Gasteiger partial charge is 0.342 e. The molecule has 1 fully saturated rings. The van der Waals surface area contributed by atoms with Crippen LogP contribution in [0.5, 0.6) is 5.75 Å². The number of carbonyl (C=O) groups is 2. The molecule has 1 aliphatic rings. The van der Waals surface area contributed by atoms with Crippen LogP contribution < -0.4 is 5.32 Å². The van der Waals surface area contributed by atoms with Gasteiger partial charge in [0.25, 0.3) is 0 Å². The highest BCUT2D eigenvalue weighted by atomic mass is 35.5. The number of halogens is 1. The predicted molar refractivity (Wildman–Crippen MR) is 91.7 cm³/mol. The number of nitrogens with one attached hydrogen (secondary N) is 1. The molecule has 7 nitrogen and oxygen atoms in total. The number of nitrogens with zero attached hydrogens (tertiary/aromatic N) is 2. The van der Waals surface area contributed by atoms with Gasteiger partial charge in [-0.25, -0.2) is 4.79 Å². The van der Waals surface area contributed by atoms with Gasteiger partial charge in [-0.05, 0) is 44.0 Å². The van der Waals surface area contributed by atoms with Gasteiger partial charge in [-0.1, -0.05) is 11.6 Å². The van der Waals surface area contributed by atoms with Gasteiger partial charge < -0.3 is 15.2 Å². The average molecular weight is 364 g/mol. The molecular formula is C17H18ClN3O4. The molecule has 0 unspecified atom stereocenters. The average Bonchev–Trinajstić information content (AvgIpc) is 3.34. The van der Waals surface area contributed by atoms with Crippen molar-refractivity contribution in [3.63, 3.8) is 0 Å². The van der Waals surface area contributed by atoms with Gasteiger partial charge in [0.1, 0.15) is 12.3 Å². The lowest BCUT2D eigenvalue weighted by molar-refractivity contribution is -0.141. The Morgan fingerprint density at radius 1 is 1.40 bits per heavy atom. The molecule has 25 heavy (non-hydrogen) atoms. The molecule has 1 saturated carbocycles. The molecule has 0 aliphatic heterocycles. The maximum atomic E-state index is 12.4. The normalized spacial score (nSPS) is 13.5. The Bertz CT molecular complexity index is 814. The quantitative estimate of drug-likeness (QED) is 0.797. The summed E-state index contributed by atoms with van der Waals surface area (Å²) in [7, 11) is 0. The summed E-state index contributed by atoms with van der Waals surface area (Å²) in [6.45, 7) is 1.72.